The molecule has 0 radical (unpaired) electrons. The van der Waals surface area contributed by atoms with Crippen molar-refractivity contribution < 1.29 is 0 Å². The fourth-order valence-corrected chi connectivity index (χ4v) is 3.44. The summed E-state index contributed by atoms with van der Waals surface area (Å²) < 4.78 is 0. The van der Waals surface area contributed by atoms with Crippen LogP contribution in [0.2, 0.25) is 0 Å². The zero-order valence-electron chi connectivity index (χ0n) is 10.9. The van der Waals surface area contributed by atoms with Crippen LogP contribution in [0, 0.1) is 5.92 Å². The van der Waals surface area contributed by atoms with Crippen molar-refractivity contribution in [1.29, 1.82) is 0 Å². The van der Waals surface area contributed by atoms with Gasteiger partial charge in [0.1, 0.15) is 0 Å². The first-order valence-electron chi connectivity index (χ1n) is 6.47. The van der Waals surface area contributed by atoms with E-state index >= 15 is 0 Å². The zero-order chi connectivity index (χ0) is 13.0. The summed E-state index contributed by atoms with van der Waals surface area (Å²) in [6.07, 6.45) is 2.19. The Morgan fingerprint density at radius 2 is 1.72 bits per heavy atom. The van der Waals surface area contributed by atoms with E-state index in [4.69, 9.17) is 11.6 Å². The first-order valence-corrected chi connectivity index (χ1v) is 7.72. The van der Waals surface area contributed by atoms with Crippen LogP contribution < -0.4 is 0 Å². The number of hydrogen-bond acceptors (Lipinski definition) is 1. The van der Waals surface area contributed by atoms with Crippen molar-refractivity contribution in [2.75, 3.05) is 0 Å². The number of aryl methyl sites for hydroxylation is 1. The molecule has 1 aromatic carbocycles. The van der Waals surface area contributed by atoms with Crippen molar-refractivity contribution in [3.8, 4) is 0 Å². The molecule has 0 nitrogen and oxygen atoms in total. The number of rotatable bonds is 5. The predicted octanol–water partition coefficient (Wildman–Crippen LogP) is 5.47. The molecule has 0 aliphatic carbocycles. The third kappa shape index (κ3) is 3.37. The van der Waals surface area contributed by atoms with Crippen LogP contribution in [0.4, 0.5) is 0 Å². The minimum atomic E-state index is 0.0957. The maximum atomic E-state index is 6.55. The van der Waals surface area contributed by atoms with Crippen LogP contribution in [-0.2, 0) is 12.8 Å². The summed E-state index contributed by atoms with van der Waals surface area (Å²) >= 11 is 8.47. The summed E-state index contributed by atoms with van der Waals surface area (Å²) in [6, 6.07) is 14.8. The van der Waals surface area contributed by atoms with Crippen LogP contribution in [0.5, 0.6) is 0 Å². The van der Waals surface area contributed by atoms with Crippen LogP contribution >= 0.6 is 22.9 Å². The van der Waals surface area contributed by atoms with E-state index in [1.807, 2.05) is 17.4 Å². The van der Waals surface area contributed by atoms with Gasteiger partial charge in [0.15, 0.2) is 0 Å². The first-order chi connectivity index (χ1) is 8.70. The van der Waals surface area contributed by atoms with E-state index in [2.05, 4.69) is 50.2 Å². The molecule has 0 fully saturated rings. The highest BCUT2D eigenvalue weighted by Crippen LogP contribution is 2.32. The van der Waals surface area contributed by atoms with Gasteiger partial charge in [-0.15, -0.1) is 22.9 Å². The van der Waals surface area contributed by atoms with E-state index in [0.717, 1.165) is 12.8 Å². The standard InChI is InChI=1S/C16H19ClS/c1-3-14-9-10-15(18-14)11-12(2)16(17)13-7-5-4-6-8-13/h4-10,12,16H,3,11H2,1-2H3. The lowest BCUT2D eigenvalue weighted by Crippen LogP contribution is -2.06. The summed E-state index contributed by atoms with van der Waals surface area (Å²) in [5, 5.41) is 0.0957. The van der Waals surface area contributed by atoms with Crippen molar-refractivity contribution in [2.24, 2.45) is 5.92 Å². The second-order valence-electron chi connectivity index (χ2n) is 4.72. The molecule has 0 saturated heterocycles. The minimum absolute atomic E-state index is 0.0957. The molecule has 0 spiro atoms. The third-order valence-corrected chi connectivity index (χ3v) is 5.14. The highest BCUT2D eigenvalue weighted by atomic mass is 35.5. The van der Waals surface area contributed by atoms with Crippen LogP contribution in [0.1, 0.15) is 34.5 Å². The largest absolute Gasteiger partial charge is 0.145 e. The molecule has 96 valence electrons. The second kappa shape index (κ2) is 6.40. The molecule has 18 heavy (non-hydrogen) atoms. The van der Waals surface area contributed by atoms with E-state index in [1.54, 1.807) is 0 Å². The summed E-state index contributed by atoms with van der Waals surface area (Å²) in [4.78, 5) is 2.91. The molecule has 2 unspecified atom stereocenters. The van der Waals surface area contributed by atoms with Crippen molar-refractivity contribution in [3.63, 3.8) is 0 Å². The molecule has 1 heterocycles. The SMILES string of the molecule is CCc1ccc(CC(C)C(Cl)c2ccccc2)s1. The fourth-order valence-electron chi connectivity index (χ4n) is 2.11. The molecular formula is C16H19ClS. The van der Waals surface area contributed by atoms with Crippen LogP contribution in [-0.4, -0.2) is 0 Å². The predicted molar refractivity (Wildman–Crippen MR) is 81.6 cm³/mol. The quantitative estimate of drug-likeness (QED) is 0.636. The molecule has 0 aliphatic rings. The highest BCUT2D eigenvalue weighted by Gasteiger charge is 2.17. The van der Waals surface area contributed by atoms with Crippen LogP contribution in [0.3, 0.4) is 0 Å². The zero-order valence-corrected chi connectivity index (χ0v) is 12.5. The van der Waals surface area contributed by atoms with Gasteiger partial charge in [0.25, 0.3) is 0 Å². The van der Waals surface area contributed by atoms with Gasteiger partial charge in [-0.3, -0.25) is 0 Å². The number of benzene rings is 1. The van der Waals surface area contributed by atoms with Gasteiger partial charge >= 0.3 is 0 Å². The average molecular weight is 279 g/mol. The Labute approximate surface area is 119 Å². The Kier molecular flexibility index (Phi) is 4.85. The van der Waals surface area contributed by atoms with Crippen molar-refractivity contribution in [2.45, 2.75) is 32.1 Å². The second-order valence-corrected chi connectivity index (χ2v) is 6.44. The van der Waals surface area contributed by atoms with Crippen LogP contribution in [0.15, 0.2) is 42.5 Å². The molecule has 0 bridgehead atoms. The molecular weight excluding hydrogens is 260 g/mol. The average Bonchev–Trinajstić information content (AvgIpc) is 2.86. The normalized spacial score (nSPS) is 14.4. The Morgan fingerprint density at radius 1 is 1.06 bits per heavy atom. The topological polar surface area (TPSA) is 0 Å². The Balaban J connectivity index is 2.01. The maximum absolute atomic E-state index is 6.55. The Bertz CT molecular complexity index is 475. The summed E-state index contributed by atoms with van der Waals surface area (Å²) in [6.45, 7) is 4.43. The van der Waals surface area contributed by atoms with Crippen molar-refractivity contribution in [3.05, 3.63) is 57.8 Å². The minimum Gasteiger partial charge on any atom is -0.145 e. The fraction of sp³-hybridized carbons (Fsp3) is 0.375. The molecule has 2 aromatic rings. The van der Waals surface area contributed by atoms with Gasteiger partial charge < -0.3 is 0 Å². The summed E-state index contributed by atoms with van der Waals surface area (Å²) in [5.41, 5.74) is 1.22. The van der Waals surface area contributed by atoms with Gasteiger partial charge in [0.05, 0.1) is 5.38 Å². The van der Waals surface area contributed by atoms with E-state index in [1.165, 1.54) is 15.3 Å². The summed E-state index contributed by atoms with van der Waals surface area (Å²) in [5.74, 6) is 0.456. The van der Waals surface area contributed by atoms with Gasteiger partial charge in [-0.1, -0.05) is 44.2 Å². The molecule has 2 heteroatoms. The summed E-state index contributed by atoms with van der Waals surface area (Å²) in [7, 11) is 0. The number of alkyl halides is 1. The molecule has 0 aliphatic heterocycles. The van der Waals surface area contributed by atoms with E-state index in [0.29, 0.717) is 5.92 Å². The van der Waals surface area contributed by atoms with E-state index in [-0.39, 0.29) is 5.38 Å². The lowest BCUT2D eigenvalue weighted by Gasteiger charge is -2.17. The lowest BCUT2D eigenvalue weighted by atomic mass is 9.97. The molecule has 2 rings (SSSR count). The maximum Gasteiger partial charge on any atom is 0.0614 e. The first kappa shape index (κ1) is 13.6. The van der Waals surface area contributed by atoms with E-state index in [9.17, 15) is 0 Å². The van der Waals surface area contributed by atoms with Crippen molar-refractivity contribution >= 4 is 22.9 Å². The van der Waals surface area contributed by atoms with Crippen molar-refractivity contribution in [1.82, 2.24) is 0 Å². The molecule has 0 saturated carbocycles. The van der Waals surface area contributed by atoms with Gasteiger partial charge in [0, 0.05) is 9.75 Å². The number of thiophene rings is 1. The van der Waals surface area contributed by atoms with Gasteiger partial charge in [-0.2, -0.15) is 0 Å². The van der Waals surface area contributed by atoms with Gasteiger partial charge in [-0.05, 0) is 36.5 Å². The smallest absolute Gasteiger partial charge is 0.0614 e. The molecule has 0 amide bonds. The molecule has 1 aromatic heterocycles. The lowest BCUT2D eigenvalue weighted by molar-refractivity contribution is 0.563. The van der Waals surface area contributed by atoms with Crippen LogP contribution in [0.25, 0.3) is 0 Å². The number of hydrogen-bond donors (Lipinski definition) is 0. The monoisotopic (exact) mass is 278 g/mol. The van der Waals surface area contributed by atoms with Gasteiger partial charge in [0.2, 0.25) is 0 Å². The third-order valence-electron chi connectivity index (χ3n) is 3.21. The van der Waals surface area contributed by atoms with Gasteiger partial charge in [-0.25, -0.2) is 0 Å². The molecule has 0 N–H and O–H groups in total. The highest BCUT2D eigenvalue weighted by molar-refractivity contribution is 7.11. The Hall–Kier alpha value is -0.790. The van der Waals surface area contributed by atoms with E-state index < -0.39 is 0 Å². The number of halogens is 1. The Morgan fingerprint density at radius 3 is 2.33 bits per heavy atom. The molecule has 2 atom stereocenters.